The summed E-state index contributed by atoms with van der Waals surface area (Å²) < 4.78 is 12.0. The van der Waals surface area contributed by atoms with E-state index in [-0.39, 0.29) is 24.2 Å². The number of aliphatic hydroxyl groups excluding tert-OH is 1. The Bertz CT molecular complexity index is 453. The fraction of sp³-hybridized carbons (Fsp3) is 0.950. The molecule has 2 aliphatic heterocycles. The zero-order valence-corrected chi connectivity index (χ0v) is 16.4. The molecule has 6 nitrogen and oxygen atoms in total. The van der Waals surface area contributed by atoms with Gasteiger partial charge in [0.05, 0.1) is 37.9 Å². The van der Waals surface area contributed by atoms with Crippen LogP contribution in [0.4, 0.5) is 0 Å². The van der Waals surface area contributed by atoms with Crippen molar-refractivity contribution >= 4 is 5.91 Å². The standard InChI is InChI=1S/C20H36N2O4/c1-21(2)20(24)10-17-8-9-18-19(26-17)14-25-13-16(23)12-22(18)11-15-6-4-3-5-7-15/h15-19,23H,3-14H2,1-2H3/t16-,17-,18+,19-/m1/s1. The first-order chi connectivity index (χ1) is 12.5. The average Bonchev–Trinajstić information content (AvgIpc) is 2.61. The lowest BCUT2D eigenvalue weighted by Crippen LogP contribution is -2.56. The molecule has 1 amide bonds. The molecular weight excluding hydrogens is 332 g/mol. The van der Waals surface area contributed by atoms with Gasteiger partial charge in [0, 0.05) is 33.2 Å². The largest absolute Gasteiger partial charge is 0.389 e. The van der Waals surface area contributed by atoms with Crippen molar-refractivity contribution in [1.82, 2.24) is 9.80 Å². The van der Waals surface area contributed by atoms with Crippen molar-refractivity contribution in [3.8, 4) is 0 Å². The number of aliphatic hydroxyl groups is 1. The van der Waals surface area contributed by atoms with Crippen molar-refractivity contribution in [1.29, 1.82) is 0 Å². The molecule has 26 heavy (non-hydrogen) atoms. The zero-order valence-electron chi connectivity index (χ0n) is 16.4. The highest BCUT2D eigenvalue weighted by Gasteiger charge is 2.38. The minimum atomic E-state index is -0.424. The van der Waals surface area contributed by atoms with E-state index in [2.05, 4.69) is 4.90 Å². The topological polar surface area (TPSA) is 62.2 Å². The van der Waals surface area contributed by atoms with Crippen molar-refractivity contribution in [3.63, 3.8) is 0 Å². The highest BCUT2D eigenvalue weighted by atomic mass is 16.5. The van der Waals surface area contributed by atoms with Crippen LogP contribution in [-0.2, 0) is 14.3 Å². The van der Waals surface area contributed by atoms with Gasteiger partial charge in [0.15, 0.2) is 0 Å². The van der Waals surface area contributed by atoms with Gasteiger partial charge in [0.1, 0.15) is 0 Å². The van der Waals surface area contributed by atoms with Crippen LogP contribution >= 0.6 is 0 Å². The average molecular weight is 369 g/mol. The summed E-state index contributed by atoms with van der Waals surface area (Å²) in [5, 5.41) is 10.3. The molecule has 0 aromatic carbocycles. The summed E-state index contributed by atoms with van der Waals surface area (Å²) in [4.78, 5) is 16.1. The number of ether oxygens (including phenoxy) is 2. The number of carbonyl (C=O) groups excluding carboxylic acids is 1. The molecule has 150 valence electrons. The minimum absolute atomic E-state index is 0.000183. The van der Waals surface area contributed by atoms with Gasteiger partial charge in [-0.05, 0) is 31.6 Å². The van der Waals surface area contributed by atoms with E-state index in [1.165, 1.54) is 32.1 Å². The number of β-amino-alcohol motifs (C(OH)–C–C–N with tert-alkyl or cyclic N) is 1. The summed E-state index contributed by atoms with van der Waals surface area (Å²) in [6.45, 7) is 2.61. The fourth-order valence-electron chi connectivity index (χ4n) is 4.73. The molecule has 0 spiro atoms. The Morgan fingerprint density at radius 3 is 2.62 bits per heavy atom. The Hall–Kier alpha value is -0.690. The molecule has 1 saturated carbocycles. The molecule has 3 rings (SSSR count). The third kappa shape index (κ3) is 5.41. The molecule has 4 atom stereocenters. The van der Waals surface area contributed by atoms with Crippen LogP contribution in [0.5, 0.6) is 0 Å². The Balaban J connectivity index is 1.62. The van der Waals surface area contributed by atoms with Crippen LogP contribution in [0.15, 0.2) is 0 Å². The number of hydrogen-bond donors (Lipinski definition) is 1. The van der Waals surface area contributed by atoms with Gasteiger partial charge in [-0.3, -0.25) is 9.69 Å². The van der Waals surface area contributed by atoms with E-state index in [0.29, 0.717) is 26.2 Å². The normalized spacial score (nSPS) is 34.6. The second kappa shape index (κ2) is 9.49. The molecule has 3 aliphatic rings. The highest BCUT2D eigenvalue weighted by molar-refractivity contribution is 5.76. The second-order valence-corrected chi connectivity index (χ2v) is 8.58. The van der Waals surface area contributed by atoms with E-state index in [4.69, 9.17) is 9.47 Å². The first kappa shape index (κ1) is 20.1. The molecule has 1 N–H and O–H groups in total. The lowest BCUT2D eigenvalue weighted by atomic mass is 9.87. The molecule has 1 aliphatic carbocycles. The first-order valence-corrected chi connectivity index (χ1v) is 10.4. The van der Waals surface area contributed by atoms with E-state index in [0.717, 1.165) is 25.3 Å². The summed E-state index contributed by atoms with van der Waals surface area (Å²) in [5.74, 6) is 0.861. The predicted molar refractivity (Wildman–Crippen MR) is 100.0 cm³/mol. The van der Waals surface area contributed by atoms with Gasteiger partial charge in [-0.25, -0.2) is 0 Å². The lowest BCUT2D eigenvalue weighted by Gasteiger charge is -2.45. The molecule has 3 fully saturated rings. The summed E-state index contributed by atoms with van der Waals surface area (Å²) in [6.07, 6.45) is 8.57. The maximum atomic E-state index is 12.0. The molecule has 0 aromatic rings. The van der Waals surface area contributed by atoms with E-state index in [1.807, 2.05) is 0 Å². The molecule has 0 bridgehead atoms. The SMILES string of the molecule is CN(C)C(=O)C[C@H]1CC[C@H]2[C@@H](COC[C@H](O)CN2CC2CCCCC2)O1. The van der Waals surface area contributed by atoms with E-state index >= 15 is 0 Å². The fourth-order valence-corrected chi connectivity index (χ4v) is 4.73. The Labute approximate surface area is 157 Å². The number of amides is 1. The van der Waals surface area contributed by atoms with Gasteiger partial charge in [-0.1, -0.05) is 19.3 Å². The van der Waals surface area contributed by atoms with E-state index in [1.54, 1.807) is 19.0 Å². The second-order valence-electron chi connectivity index (χ2n) is 8.58. The van der Waals surface area contributed by atoms with Gasteiger partial charge >= 0.3 is 0 Å². The van der Waals surface area contributed by atoms with Crippen molar-refractivity contribution in [2.75, 3.05) is 40.4 Å². The van der Waals surface area contributed by atoms with Gasteiger partial charge < -0.3 is 19.5 Å². The van der Waals surface area contributed by atoms with Crippen molar-refractivity contribution in [3.05, 3.63) is 0 Å². The van der Waals surface area contributed by atoms with Gasteiger partial charge in [-0.2, -0.15) is 0 Å². The third-order valence-electron chi connectivity index (χ3n) is 6.21. The maximum Gasteiger partial charge on any atom is 0.224 e. The van der Waals surface area contributed by atoms with Crippen LogP contribution in [0.1, 0.15) is 51.4 Å². The maximum absolute atomic E-state index is 12.0. The third-order valence-corrected chi connectivity index (χ3v) is 6.21. The van der Waals surface area contributed by atoms with Gasteiger partial charge in [0.2, 0.25) is 5.91 Å². The Kier molecular flexibility index (Phi) is 7.32. The highest BCUT2D eigenvalue weighted by Crippen LogP contribution is 2.31. The summed E-state index contributed by atoms with van der Waals surface area (Å²) in [6, 6.07) is 0.289. The summed E-state index contributed by atoms with van der Waals surface area (Å²) >= 11 is 0. The molecular formula is C20H36N2O4. The quantitative estimate of drug-likeness (QED) is 0.818. The number of carbonyl (C=O) groups is 1. The van der Waals surface area contributed by atoms with Gasteiger partial charge in [-0.15, -0.1) is 0 Å². The van der Waals surface area contributed by atoms with Crippen LogP contribution in [0.2, 0.25) is 0 Å². The smallest absolute Gasteiger partial charge is 0.224 e. The Morgan fingerprint density at radius 2 is 1.88 bits per heavy atom. The number of fused-ring (bicyclic) bond motifs is 1. The molecule has 0 radical (unpaired) electrons. The van der Waals surface area contributed by atoms with Gasteiger partial charge in [0.25, 0.3) is 0 Å². The minimum Gasteiger partial charge on any atom is -0.389 e. The van der Waals surface area contributed by atoms with Crippen LogP contribution in [0.25, 0.3) is 0 Å². The number of rotatable bonds is 4. The predicted octanol–water partition coefficient (Wildman–Crippen LogP) is 1.65. The van der Waals surface area contributed by atoms with Crippen molar-refractivity contribution in [2.45, 2.75) is 75.7 Å². The van der Waals surface area contributed by atoms with Crippen molar-refractivity contribution in [2.24, 2.45) is 5.92 Å². The number of nitrogens with zero attached hydrogens (tertiary/aromatic N) is 2. The molecule has 2 heterocycles. The van der Waals surface area contributed by atoms with Crippen LogP contribution in [0, 0.1) is 5.92 Å². The Morgan fingerprint density at radius 1 is 1.12 bits per heavy atom. The van der Waals surface area contributed by atoms with Crippen LogP contribution in [0.3, 0.4) is 0 Å². The molecule has 6 heteroatoms. The first-order valence-electron chi connectivity index (χ1n) is 10.4. The van der Waals surface area contributed by atoms with Crippen molar-refractivity contribution < 1.29 is 19.4 Å². The summed E-state index contributed by atoms with van der Waals surface area (Å²) in [7, 11) is 3.58. The molecule has 0 aromatic heterocycles. The van der Waals surface area contributed by atoms with E-state index in [9.17, 15) is 9.90 Å². The van der Waals surface area contributed by atoms with Crippen LogP contribution in [-0.4, -0.2) is 85.6 Å². The zero-order chi connectivity index (χ0) is 18.5. The lowest BCUT2D eigenvalue weighted by molar-refractivity contribution is -0.160. The molecule has 2 saturated heterocycles. The molecule has 0 unspecified atom stereocenters. The summed E-state index contributed by atoms with van der Waals surface area (Å²) in [5.41, 5.74) is 0. The van der Waals surface area contributed by atoms with Crippen LogP contribution < -0.4 is 0 Å². The number of hydrogen-bond acceptors (Lipinski definition) is 5. The monoisotopic (exact) mass is 368 g/mol. The van der Waals surface area contributed by atoms with E-state index < -0.39 is 6.10 Å².